The van der Waals surface area contributed by atoms with Gasteiger partial charge in [0.2, 0.25) is 5.88 Å². The van der Waals surface area contributed by atoms with Gasteiger partial charge in [-0.05, 0) is 19.1 Å². The molecule has 0 bridgehead atoms. The Hall–Kier alpha value is -1.60. The van der Waals surface area contributed by atoms with E-state index in [4.69, 9.17) is 11.6 Å². The second-order valence-electron chi connectivity index (χ2n) is 5.14. The predicted molar refractivity (Wildman–Crippen MR) is 88.4 cm³/mol. The maximum Gasteiger partial charge on any atom is 0.211 e. The summed E-state index contributed by atoms with van der Waals surface area (Å²) in [5.74, 6) is 0.0149. The van der Waals surface area contributed by atoms with E-state index in [0.29, 0.717) is 16.3 Å². The Kier molecular flexibility index (Phi) is 3.86. The number of aliphatic hydroxyl groups excluding tert-OH is 2. The largest absolute Gasteiger partial charge is 0.493 e. The van der Waals surface area contributed by atoms with Crippen molar-refractivity contribution in [3.63, 3.8) is 0 Å². The lowest BCUT2D eigenvalue weighted by molar-refractivity contribution is -0.0526. The molecule has 1 aliphatic heterocycles. The molecule has 1 unspecified atom stereocenters. The minimum atomic E-state index is -0.919. The summed E-state index contributed by atoms with van der Waals surface area (Å²) in [5, 5.41) is 25.1. The van der Waals surface area contributed by atoms with Gasteiger partial charge in [-0.25, -0.2) is 4.98 Å². The fourth-order valence-electron chi connectivity index (χ4n) is 2.41. The van der Waals surface area contributed by atoms with Crippen LogP contribution < -0.4 is 0 Å². The van der Waals surface area contributed by atoms with E-state index in [0.717, 1.165) is 15.4 Å². The Morgan fingerprint density at radius 2 is 2.05 bits per heavy atom. The number of nitrogens with zero attached hydrogens (tertiary/aromatic N) is 3. The fraction of sp³-hybridized carbons (Fsp3) is 0.267. The Morgan fingerprint density at radius 1 is 1.32 bits per heavy atom. The number of rotatable bonds is 2. The van der Waals surface area contributed by atoms with E-state index >= 15 is 0 Å². The normalized spacial score (nSPS) is 19.3. The molecule has 1 atom stereocenters. The molecule has 2 aromatic rings. The van der Waals surface area contributed by atoms with Gasteiger partial charge in [0.15, 0.2) is 6.23 Å². The number of hydrazine groups is 1. The van der Waals surface area contributed by atoms with Crippen LogP contribution in [0.5, 0.6) is 0 Å². The van der Waals surface area contributed by atoms with E-state index < -0.39 is 6.23 Å². The summed E-state index contributed by atoms with van der Waals surface area (Å²) in [6.45, 7) is 1.92. The van der Waals surface area contributed by atoms with Crippen molar-refractivity contribution >= 4 is 28.5 Å². The van der Waals surface area contributed by atoms with E-state index in [1.807, 2.05) is 31.2 Å². The highest BCUT2D eigenvalue weighted by atomic mass is 35.5. The first kappa shape index (κ1) is 15.3. The average molecular weight is 338 g/mol. The Labute approximate surface area is 137 Å². The van der Waals surface area contributed by atoms with Crippen molar-refractivity contribution in [3.8, 4) is 10.6 Å². The zero-order valence-electron chi connectivity index (χ0n) is 12.4. The number of thiazole rings is 1. The van der Waals surface area contributed by atoms with Gasteiger partial charge in [-0.2, -0.15) is 5.01 Å². The van der Waals surface area contributed by atoms with Gasteiger partial charge in [-0.1, -0.05) is 23.7 Å². The van der Waals surface area contributed by atoms with E-state index in [2.05, 4.69) is 4.98 Å². The second-order valence-corrected chi connectivity index (χ2v) is 6.78. The number of hydrogen-bond donors (Lipinski definition) is 2. The molecule has 22 heavy (non-hydrogen) atoms. The molecule has 3 rings (SSSR count). The van der Waals surface area contributed by atoms with Crippen molar-refractivity contribution in [2.75, 3.05) is 14.1 Å². The number of aliphatic hydroxyl groups is 2. The first-order valence-electron chi connectivity index (χ1n) is 6.71. The van der Waals surface area contributed by atoms with E-state index in [1.54, 1.807) is 19.1 Å². The minimum absolute atomic E-state index is 0.0149. The fourth-order valence-corrected chi connectivity index (χ4v) is 3.52. The van der Waals surface area contributed by atoms with Crippen LogP contribution in [0.3, 0.4) is 0 Å². The first-order valence-corrected chi connectivity index (χ1v) is 7.91. The van der Waals surface area contributed by atoms with Crippen LogP contribution in [-0.4, -0.2) is 45.5 Å². The van der Waals surface area contributed by atoms with Gasteiger partial charge >= 0.3 is 0 Å². The molecule has 0 fully saturated rings. The SMILES string of the molecule is Cc1sc(-c2cccc(Cl)c2)nc1C1=C(O)N(C)N(C)C1O. The molecule has 0 saturated heterocycles. The zero-order chi connectivity index (χ0) is 16.0. The molecule has 0 aliphatic carbocycles. The molecule has 5 nitrogen and oxygen atoms in total. The quantitative estimate of drug-likeness (QED) is 0.881. The smallest absolute Gasteiger partial charge is 0.211 e. The standard InChI is InChI=1S/C15H16ClN3O2S/c1-8-12(11-14(20)18(2)19(3)15(11)21)17-13(22-8)9-5-4-6-10(16)7-9/h4-7,14,20-21H,1-3H3. The maximum absolute atomic E-state index is 10.3. The van der Waals surface area contributed by atoms with Crippen LogP contribution >= 0.6 is 22.9 Å². The number of hydrogen-bond acceptors (Lipinski definition) is 6. The summed E-state index contributed by atoms with van der Waals surface area (Å²) in [4.78, 5) is 5.53. The Balaban J connectivity index is 2.07. The Bertz CT molecular complexity index is 759. The van der Waals surface area contributed by atoms with Gasteiger partial charge in [0.25, 0.3) is 0 Å². The number of likely N-dealkylation sites (N-methyl/N-ethyl adjacent to an activating group) is 1. The summed E-state index contributed by atoms with van der Waals surface area (Å²) in [6.07, 6.45) is -0.919. The van der Waals surface area contributed by atoms with Crippen LogP contribution in [0.25, 0.3) is 16.1 Å². The van der Waals surface area contributed by atoms with Crippen molar-refractivity contribution in [1.29, 1.82) is 0 Å². The lowest BCUT2D eigenvalue weighted by Gasteiger charge is -2.23. The highest BCUT2D eigenvalue weighted by Crippen LogP contribution is 2.37. The topological polar surface area (TPSA) is 59.8 Å². The summed E-state index contributed by atoms with van der Waals surface area (Å²) in [6, 6.07) is 7.47. The van der Waals surface area contributed by atoms with Crippen molar-refractivity contribution in [1.82, 2.24) is 15.0 Å². The molecule has 2 N–H and O–H groups in total. The van der Waals surface area contributed by atoms with Crippen LogP contribution in [0.15, 0.2) is 30.1 Å². The van der Waals surface area contributed by atoms with Gasteiger partial charge in [-0.3, -0.25) is 5.01 Å². The molecule has 0 spiro atoms. The number of aryl methyl sites for hydroxylation is 1. The summed E-state index contributed by atoms with van der Waals surface area (Å²) < 4.78 is 0. The average Bonchev–Trinajstić information content (AvgIpc) is 2.94. The summed E-state index contributed by atoms with van der Waals surface area (Å²) in [7, 11) is 3.39. The molecule has 1 aromatic heterocycles. The lowest BCUT2D eigenvalue weighted by Crippen LogP contribution is -2.36. The van der Waals surface area contributed by atoms with Gasteiger partial charge in [-0.15, -0.1) is 11.3 Å². The van der Waals surface area contributed by atoms with Crippen LogP contribution in [0.1, 0.15) is 10.6 Å². The predicted octanol–water partition coefficient (Wildman–Crippen LogP) is 3.11. The van der Waals surface area contributed by atoms with Crippen molar-refractivity contribution < 1.29 is 10.2 Å². The molecule has 2 heterocycles. The molecule has 0 radical (unpaired) electrons. The zero-order valence-corrected chi connectivity index (χ0v) is 14.0. The van der Waals surface area contributed by atoms with Crippen molar-refractivity contribution in [3.05, 3.63) is 45.7 Å². The molecule has 0 saturated carbocycles. The van der Waals surface area contributed by atoms with Crippen molar-refractivity contribution in [2.45, 2.75) is 13.2 Å². The van der Waals surface area contributed by atoms with Crippen molar-refractivity contribution in [2.24, 2.45) is 0 Å². The molecule has 1 aliphatic rings. The van der Waals surface area contributed by atoms with Crippen LogP contribution in [-0.2, 0) is 0 Å². The molecule has 7 heteroatoms. The number of benzene rings is 1. The molecule has 0 amide bonds. The molecule has 116 valence electrons. The molecular weight excluding hydrogens is 322 g/mol. The molecule has 1 aromatic carbocycles. The third kappa shape index (κ3) is 2.38. The van der Waals surface area contributed by atoms with Crippen LogP contribution in [0, 0.1) is 6.92 Å². The van der Waals surface area contributed by atoms with Crippen LogP contribution in [0.4, 0.5) is 0 Å². The summed E-state index contributed by atoms with van der Waals surface area (Å²) >= 11 is 7.53. The van der Waals surface area contributed by atoms with Crippen LogP contribution in [0.2, 0.25) is 5.02 Å². The third-order valence-corrected chi connectivity index (χ3v) is 5.01. The highest BCUT2D eigenvalue weighted by molar-refractivity contribution is 7.15. The maximum atomic E-state index is 10.3. The van der Waals surface area contributed by atoms with E-state index in [-0.39, 0.29) is 5.88 Å². The highest BCUT2D eigenvalue weighted by Gasteiger charge is 2.36. The molecular formula is C15H16ClN3O2S. The van der Waals surface area contributed by atoms with Gasteiger partial charge in [0, 0.05) is 29.6 Å². The first-order chi connectivity index (χ1) is 10.4. The van der Waals surface area contributed by atoms with E-state index in [9.17, 15) is 10.2 Å². The number of halogens is 1. The second kappa shape index (κ2) is 5.55. The number of aromatic nitrogens is 1. The van der Waals surface area contributed by atoms with Gasteiger partial charge in [0.1, 0.15) is 5.01 Å². The Morgan fingerprint density at radius 3 is 2.64 bits per heavy atom. The lowest BCUT2D eigenvalue weighted by atomic mass is 10.1. The summed E-state index contributed by atoms with van der Waals surface area (Å²) in [5.41, 5.74) is 1.95. The van der Waals surface area contributed by atoms with Gasteiger partial charge in [0.05, 0.1) is 11.3 Å². The third-order valence-electron chi connectivity index (χ3n) is 3.76. The van der Waals surface area contributed by atoms with Gasteiger partial charge < -0.3 is 10.2 Å². The monoisotopic (exact) mass is 337 g/mol. The van der Waals surface area contributed by atoms with E-state index in [1.165, 1.54) is 16.3 Å². The minimum Gasteiger partial charge on any atom is -0.493 e.